The first-order valence-corrected chi connectivity index (χ1v) is 8.99. The quantitative estimate of drug-likeness (QED) is 0.367. The molecule has 7 heteroatoms. The molecule has 0 radical (unpaired) electrons. The molecule has 0 spiro atoms. The van der Waals surface area contributed by atoms with Crippen LogP contribution in [0.5, 0.6) is 0 Å². The summed E-state index contributed by atoms with van der Waals surface area (Å²) in [5.41, 5.74) is 1.93. The molecule has 4 nitrogen and oxygen atoms in total. The van der Waals surface area contributed by atoms with Gasteiger partial charge in [0.15, 0.2) is 0 Å². The largest absolute Gasteiger partial charge is 0.375 e. The van der Waals surface area contributed by atoms with Crippen LogP contribution in [-0.4, -0.2) is 4.92 Å². The summed E-state index contributed by atoms with van der Waals surface area (Å²) < 4.78 is 15.2. The van der Waals surface area contributed by atoms with Crippen molar-refractivity contribution in [3.05, 3.63) is 79.0 Å². The van der Waals surface area contributed by atoms with Crippen molar-refractivity contribution >= 4 is 38.9 Å². The van der Waals surface area contributed by atoms with Gasteiger partial charge in [0.1, 0.15) is 5.82 Å². The number of nitrogens with one attached hydrogen (secondary N) is 1. The first kappa shape index (κ1) is 16.5. The molecule has 2 aromatic rings. The third-order valence-electron chi connectivity index (χ3n) is 4.91. The molecular formula is C18H13BrClFN2O2. The molecule has 2 aromatic carbocycles. The van der Waals surface area contributed by atoms with Crippen LogP contribution < -0.4 is 5.32 Å². The second kappa shape index (κ2) is 6.11. The van der Waals surface area contributed by atoms with Crippen molar-refractivity contribution in [2.75, 3.05) is 5.32 Å². The van der Waals surface area contributed by atoms with Gasteiger partial charge in [-0.25, -0.2) is 4.39 Å². The molecule has 0 saturated heterocycles. The van der Waals surface area contributed by atoms with Gasteiger partial charge in [0, 0.05) is 33.1 Å². The summed E-state index contributed by atoms with van der Waals surface area (Å²) in [5.74, 6) is -0.182. The zero-order valence-electron chi connectivity index (χ0n) is 12.9. The van der Waals surface area contributed by atoms with Crippen LogP contribution in [0, 0.1) is 21.8 Å². The average Bonchev–Trinajstić information content (AvgIpc) is 3.05. The van der Waals surface area contributed by atoms with E-state index in [1.165, 1.54) is 24.3 Å². The summed E-state index contributed by atoms with van der Waals surface area (Å²) in [6, 6.07) is 7.43. The van der Waals surface area contributed by atoms with Gasteiger partial charge in [-0.05, 0) is 36.1 Å². The SMILES string of the molecule is O=[N+]([O-])c1ccc(Cl)c([C@@H]2Nc3c(F)cc(Br)cc3[C@@H]3C=CC[C@H]32)c1. The van der Waals surface area contributed by atoms with Crippen molar-refractivity contribution in [2.45, 2.75) is 18.4 Å². The number of hydrogen-bond donors (Lipinski definition) is 1. The van der Waals surface area contributed by atoms with Crippen molar-refractivity contribution in [3.63, 3.8) is 0 Å². The predicted octanol–water partition coefficient (Wildman–Crippen LogP) is 5.98. The lowest BCUT2D eigenvalue weighted by Gasteiger charge is -2.38. The number of fused-ring (bicyclic) bond motifs is 3. The van der Waals surface area contributed by atoms with E-state index in [9.17, 15) is 14.5 Å². The van der Waals surface area contributed by atoms with E-state index in [1.54, 1.807) is 0 Å². The fourth-order valence-corrected chi connectivity index (χ4v) is 4.49. The number of allylic oxidation sites excluding steroid dienone is 2. The first-order chi connectivity index (χ1) is 12.0. The van der Waals surface area contributed by atoms with Crippen LogP contribution >= 0.6 is 27.5 Å². The number of anilines is 1. The van der Waals surface area contributed by atoms with Crippen molar-refractivity contribution in [1.29, 1.82) is 0 Å². The molecule has 0 amide bonds. The molecule has 1 aliphatic carbocycles. The first-order valence-electron chi connectivity index (χ1n) is 7.81. The number of hydrogen-bond acceptors (Lipinski definition) is 3. The number of nitrogens with zero attached hydrogens (tertiary/aromatic N) is 1. The number of halogens is 3. The Hall–Kier alpha value is -1.92. The maximum absolute atomic E-state index is 14.5. The lowest BCUT2D eigenvalue weighted by Crippen LogP contribution is -2.30. The monoisotopic (exact) mass is 422 g/mol. The fourth-order valence-electron chi connectivity index (χ4n) is 3.81. The summed E-state index contributed by atoms with van der Waals surface area (Å²) in [5, 5.41) is 14.8. The van der Waals surface area contributed by atoms with E-state index >= 15 is 0 Å². The lowest BCUT2D eigenvalue weighted by molar-refractivity contribution is -0.384. The van der Waals surface area contributed by atoms with Gasteiger partial charge in [-0.15, -0.1) is 0 Å². The molecule has 2 aliphatic rings. The molecule has 3 atom stereocenters. The van der Waals surface area contributed by atoms with E-state index in [0.717, 1.165) is 12.0 Å². The Bertz CT molecular complexity index is 918. The highest BCUT2D eigenvalue weighted by atomic mass is 79.9. The number of non-ortho nitro benzene ring substituents is 1. The Balaban J connectivity index is 1.85. The van der Waals surface area contributed by atoms with Gasteiger partial charge in [0.25, 0.3) is 5.69 Å². The summed E-state index contributed by atoms with van der Waals surface area (Å²) in [7, 11) is 0. The molecular weight excluding hydrogens is 411 g/mol. The normalized spacial score (nSPS) is 23.7. The second-order valence-electron chi connectivity index (χ2n) is 6.29. The predicted molar refractivity (Wildman–Crippen MR) is 98.6 cm³/mol. The zero-order chi connectivity index (χ0) is 17.7. The molecule has 1 heterocycles. The lowest BCUT2D eigenvalue weighted by atomic mass is 9.77. The standard InChI is InChI=1S/C18H13BrClFN2O2/c19-9-6-13-11-2-1-3-12(11)17(22-18(13)16(21)7-9)14-8-10(23(24)25)4-5-15(14)20/h1-2,4-8,11-12,17,22H,3H2/t11-,12-,17-/m1/s1. The maximum atomic E-state index is 14.5. The van der Waals surface area contributed by atoms with Crippen LogP contribution in [0.3, 0.4) is 0 Å². The van der Waals surface area contributed by atoms with Gasteiger partial charge in [-0.2, -0.15) is 0 Å². The minimum atomic E-state index is -0.446. The molecule has 0 unspecified atom stereocenters. The maximum Gasteiger partial charge on any atom is 0.269 e. The van der Waals surface area contributed by atoms with Gasteiger partial charge in [0.05, 0.1) is 16.7 Å². The van der Waals surface area contributed by atoms with E-state index < -0.39 is 4.92 Å². The highest BCUT2D eigenvalue weighted by molar-refractivity contribution is 9.10. The Morgan fingerprint density at radius 3 is 2.84 bits per heavy atom. The van der Waals surface area contributed by atoms with Gasteiger partial charge in [-0.1, -0.05) is 39.7 Å². The number of nitro benzene ring substituents is 1. The van der Waals surface area contributed by atoms with Crippen molar-refractivity contribution in [3.8, 4) is 0 Å². The molecule has 4 rings (SSSR count). The van der Waals surface area contributed by atoms with Crippen LogP contribution in [-0.2, 0) is 0 Å². The van der Waals surface area contributed by atoms with Crippen molar-refractivity contribution in [1.82, 2.24) is 0 Å². The summed E-state index contributed by atoms with van der Waals surface area (Å²) in [6.45, 7) is 0. The third-order valence-corrected chi connectivity index (χ3v) is 5.71. The van der Waals surface area contributed by atoms with Crippen LogP contribution in [0.25, 0.3) is 0 Å². The van der Waals surface area contributed by atoms with E-state index in [4.69, 9.17) is 11.6 Å². The Morgan fingerprint density at radius 2 is 2.08 bits per heavy atom. The van der Waals surface area contributed by atoms with Crippen LogP contribution in [0.4, 0.5) is 15.8 Å². The Morgan fingerprint density at radius 1 is 1.28 bits per heavy atom. The fraction of sp³-hybridized carbons (Fsp3) is 0.222. The molecule has 0 saturated carbocycles. The molecule has 0 bridgehead atoms. The molecule has 0 fully saturated rings. The number of nitro groups is 1. The summed E-state index contributed by atoms with van der Waals surface area (Å²) in [4.78, 5) is 10.7. The van der Waals surface area contributed by atoms with Crippen molar-refractivity contribution in [2.24, 2.45) is 5.92 Å². The number of rotatable bonds is 2. The summed E-state index contributed by atoms with van der Waals surface area (Å²) in [6.07, 6.45) is 4.95. The van der Waals surface area contributed by atoms with Crippen LogP contribution in [0.2, 0.25) is 5.02 Å². The molecule has 0 aromatic heterocycles. The summed E-state index contributed by atoms with van der Waals surface area (Å²) >= 11 is 9.68. The highest BCUT2D eigenvalue weighted by Crippen LogP contribution is 2.52. The zero-order valence-corrected chi connectivity index (χ0v) is 15.2. The van der Waals surface area contributed by atoms with E-state index in [0.29, 0.717) is 20.7 Å². The average molecular weight is 424 g/mol. The third kappa shape index (κ3) is 2.73. The van der Waals surface area contributed by atoms with Crippen LogP contribution in [0.15, 0.2) is 47.0 Å². The van der Waals surface area contributed by atoms with E-state index in [2.05, 4.69) is 33.4 Å². The van der Waals surface area contributed by atoms with Gasteiger partial charge in [0.2, 0.25) is 0 Å². The number of benzene rings is 2. The Labute approximate surface area is 157 Å². The van der Waals surface area contributed by atoms with Crippen molar-refractivity contribution < 1.29 is 9.31 Å². The topological polar surface area (TPSA) is 55.2 Å². The molecule has 1 aliphatic heterocycles. The highest BCUT2D eigenvalue weighted by Gasteiger charge is 2.40. The van der Waals surface area contributed by atoms with Gasteiger partial charge >= 0.3 is 0 Å². The van der Waals surface area contributed by atoms with E-state index in [1.807, 2.05) is 6.07 Å². The minimum Gasteiger partial charge on any atom is -0.375 e. The molecule has 1 N–H and O–H groups in total. The minimum absolute atomic E-state index is 0.0224. The van der Waals surface area contributed by atoms with Gasteiger partial charge in [-0.3, -0.25) is 10.1 Å². The smallest absolute Gasteiger partial charge is 0.269 e. The second-order valence-corrected chi connectivity index (χ2v) is 7.61. The Kier molecular flexibility index (Phi) is 4.04. The molecule has 128 valence electrons. The van der Waals surface area contributed by atoms with E-state index in [-0.39, 0.29) is 29.4 Å². The van der Waals surface area contributed by atoms with Gasteiger partial charge < -0.3 is 5.32 Å². The van der Waals surface area contributed by atoms with Crippen LogP contribution in [0.1, 0.15) is 29.5 Å². The molecule has 25 heavy (non-hydrogen) atoms.